The van der Waals surface area contributed by atoms with Gasteiger partial charge in [0.05, 0.1) is 27.7 Å². The van der Waals surface area contributed by atoms with E-state index in [0.717, 1.165) is 16.8 Å². The molecule has 36 heavy (non-hydrogen) atoms. The third-order valence-electron chi connectivity index (χ3n) is 5.20. The lowest BCUT2D eigenvalue weighted by atomic mass is 10.1. The fourth-order valence-electron chi connectivity index (χ4n) is 3.45. The van der Waals surface area contributed by atoms with Crippen LogP contribution in [0.5, 0.6) is 11.5 Å². The van der Waals surface area contributed by atoms with E-state index in [1.165, 1.54) is 18.9 Å². The molecule has 184 valence electrons. The zero-order valence-electron chi connectivity index (χ0n) is 19.2. The lowest BCUT2D eigenvalue weighted by molar-refractivity contribution is -0.118. The predicted octanol–water partition coefficient (Wildman–Crippen LogP) is 6.73. The van der Waals surface area contributed by atoms with Crippen molar-refractivity contribution in [2.75, 3.05) is 23.9 Å². The summed E-state index contributed by atoms with van der Waals surface area (Å²) in [6.07, 6.45) is 1.75. The molecule has 1 saturated heterocycles. The summed E-state index contributed by atoms with van der Waals surface area (Å²) in [6, 6.07) is 17.6. The number of para-hydroxylation sites is 1. The third-order valence-corrected chi connectivity index (χ3v) is 7.24. The van der Waals surface area contributed by atoms with E-state index in [2.05, 4.69) is 5.32 Å². The van der Waals surface area contributed by atoms with Crippen LogP contribution in [-0.2, 0) is 9.59 Å². The van der Waals surface area contributed by atoms with E-state index < -0.39 is 0 Å². The van der Waals surface area contributed by atoms with Crippen molar-refractivity contribution in [2.24, 2.45) is 0 Å². The van der Waals surface area contributed by atoms with E-state index in [1.54, 1.807) is 47.4 Å². The molecule has 2 amide bonds. The molecule has 3 aromatic rings. The van der Waals surface area contributed by atoms with Gasteiger partial charge < -0.3 is 14.8 Å². The number of ether oxygens (including phenoxy) is 2. The first-order chi connectivity index (χ1) is 17.3. The van der Waals surface area contributed by atoms with Crippen LogP contribution in [0.4, 0.5) is 11.4 Å². The number of aryl methyl sites for hydroxylation is 1. The molecular formula is C26H20Cl2N2O4S2. The second-order valence-electron chi connectivity index (χ2n) is 7.68. The van der Waals surface area contributed by atoms with Crippen molar-refractivity contribution in [1.29, 1.82) is 0 Å². The smallest absolute Gasteiger partial charge is 0.270 e. The number of methoxy groups -OCH3 is 1. The highest BCUT2D eigenvalue weighted by molar-refractivity contribution is 8.27. The third kappa shape index (κ3) is 5.84. The molecule has 0 bridgehead atoms. The molecule has 0 radical (unpaired) electrons. The van der Waals surface area contributed by atoms with Crippen molar-refractivity contribution in [3.63, 3.8) is 0 Å². The Labute approximate surface area is 228 Å². The number of halogens is 2. The maximum absolute atomic E-state index is 13.1. The Kier molecular flexibility index (Phi) is 8.21. The summed E-state index contributed by atoms with van der Waals surface area (Å²) in [7, 11) is 1.50. The number of hydrogen-bond acceptors (Lipinski definition) is 6. The van der Waals surface area contributed by atoms with Gasteiger partial charge in [0.15, 0.2) is 22.4 Å². The zero-order valence-corrected chi connectivity index (χ0v) is 22.4. The highest BCUT2D eigenvalue weighted by Gasteiger charge is 2.34. The van der Waals surface area contributed by atoms with Gasteiger partial charge in [-0.1, -0.05) is 71.4 Å². The number of nitrogens with one attached hydrogen (secondary N) is 1. The van der Waals surface area contributed by atoms with Crippen LogP contribution in [0, 0.1) is 6.92 Å². The van der Waals surface area contributed by atoms with Crippen LogP contribution in [-0.4, -0.2) is 29.9 Å². The van der Waals surface area contributed by atoms with Gasteiger partial charge in [0.25, 0.3) is 11.8 Å². The SMILES string of the molecule is COc1cc(/C=C2\SC(=S)N(c3ccccc3C)C2=O)ccc1OCC(=O)Nc1ccc(Cl)c(Cl)c1. The Morgan fingerprint density at radius 2 is 1.86 bits per heavy atom. The Morgan fingerprint density at radius 1 is 1.08 bits per heavy atom. The second kappa shape index (κ2) is 11.3. The number of hydrogen-bond donors (Lipinski definition) is 1. The minimum atomic E-state index is -0.376. The number of benzene rings is 3. The van der Waals surface area contributed by atoms with Gasteiger partial charge in [-0.2, -0.15) is 0 Å². The molecule has 1 aliphatic heterocycles. The Hall–Kier alpha value is -3.04. The summed E-state index contributed by atoms with van der Waals surface area (Å²) in [5.41, 5.74) is 2.96. The van der Waals surface area contributed by atoms with Crippen molar-refractivity contribution in [1.82, 2.24) is 0 Å². The zero-order chi connectivity index (χ0) is 25.8. The summed E-state index contributed by atoms with van der Waals surface area (Å²) in [5.74, 6) is 0.240. The number of carbonyl (C=O) groups is 2. The summed E-state index contributed by atoms with van der Waals surface area (Å²) in [4.78, 5) is 27.4. The number of rotatable bonds is 7. The summed E-state index contributed by atoms with van der Waals surface area (Å²) in [6.45, 7) is 1.69. The molecule has 1 heterocycles. The van der Waals surface area contributed by atoms with Gasteiger partial charge in [-0.15, -0.1) is 0 Å². The van der Waals surface area contributed by atoms with Gasteiger partial charge in [-0.25, -0.2) is 0 Å². The Bertz CT molecular complexity index is 1390. The molecule has 6 nitrogen and oxygen atoms in total. The van der Waals surface area contributed by atoms with E-state index in [-0.39, 0.29) is 18.4 Å². The maximum Gasteiger partial charge on any atom is 0.270 e. The van der Waals surface area contributed by atoms with Crippen LogP contribution >= 0.6 is 47.2 Å². The number of thiocarbonyl (C=S) groups is 1. The number of anilines is 2. The lowest BCUT2D eigenvalue weighted by Crippen LogP contribution is -2.28. The van der Waals surface area contributed by atoms with Crippen molar-refractivity contribution < 1.29 is 19.1 Å². The molecule has 10 heteroatoms. The molecule has 1 aliphatic rings. The van der Waals surface area contributed by atoms with Crippen LogP contribution in [0.2, 0.25) is 10.0 Å². The minimum absolute atomic E-state index is 0.183. The van der Waals surface area contributed by atoms with Crippen molar-refractivity contribution in [3.05, 3.63) is 86.7 Å². The van der Waals surface area contributed by atoms with Gasteiger partial charge in [-0.05, 0) is 60.5 Å². The highest BCUT2D eigenvalue weighted by Crippen LogP contribution is 2.38. The number of nitrogens with zero attached hydrogens (tertiary/aromatic N) is 1. The van der Waals surface area contributed by atoms with Gasteiger partial charge in [-0.3, -0.25) is 14.5 Å². The molecule has 0 aliphatic carbocycles. The number of amides is 2. The maximum atomic E-state index is 13.1. The molecule has 0 spiro atoms. The molecular weight excluding hydrogens is 539 g/mol. The monoisotopic (exact) mass is 558 g/mol. The quantitative estimate of drug-likeness (QED) is 0.256. The van der Waals surface area contributed by atoms with Crippen molar-refractivity contribution >= 4 is 80.8 Å². The van der Waals surface area contributed by atoms with Crippen LogP contribution < -0.4 is 19.7 Å². The topological polar surface area (TPSA) is 67.9 Å². The summed E-state index contributed by atoms with van der Waals surface area (Å²) in [5, 5.41) is 3.43. The average molecular weight is 559 g/mol. The minimum Gasteiger partial charge on any atom is -0.493 e. The van der Waals surface area contributed by atoms with Crippen LogP contribution in [0.25, 0.3) is 6.08 Å². The van der Waals surface area contributed by atoms with Gasteiger partial charge >= 0.3 is 0 Å². The first kappa shape index (κ1) is 26.0. The van der Waals surface area contributed by atoms with Crippen LogP contribution in [0.3, 0.4) is 0 Å². The normalized spacial score (nSPS) is 14.3. The van der Waals surface area contributed by atoms with E-state index in [0.29, 0.717) is 36.5 Å². The Morgan fingerprint density at radius 3 is 2.58 bits per heavy atom. The Balaban J connectivity index is 1.45. The first-order valence-corrected chi connectivity index (χ1v) is 12.6. The predicted molar refractivity (Wildman–Crippen MR) is 150 cm³/mol. The standard InChI is InChI=1S/C26H20Cl2N2O4S2/c1-15-5-3-4-6-20(15)30-25(32)23(36-26(30)35)12-16-7-10-21(22(11-16)33-2)34-14-24(31)29-17-8-9-18(27)19(28)13-17/h3-13H,14H2,1-2H3,(H,29,31)/b23-12-. The van der Waals surface area contributed by atoms with E-state index >= 15 is 0 Å². The van der Waals surface area contributed by atoms with Gasteiger partial charge in [0.2, 0.25) is 0 Å². The second-order valence-corrected chi connectivity index (χ2v) is 10.2. The first-order valence-electron chi connectivity index (χ1n) is 10.7. The molecule has 0 atom stereocenters. The molecule has 0 saturated carbocycles. The average Bonchev–Trinajstić information content (AvgIpc) is 3.13. The summed E-state index contributed by atoms with van der Waals surface area (Å²) < 4.78 is 11.6. The molecule has 0 aromatic heterocycles. The van der Waals surface area contributed by atoms with Gasteiger partial charge in [0.1, 0.15) is 0 Å². The molecule has 1 fully saturated rings. The van der Waals surface area contributed by atoms with Gasteiger partial charge in [0, 0.05) is 5.69 Å². The van der Waals surface area contributed by atoms with Crippen LogP contribution in [0.1, 0.15) is 11.1 Å². The largest absolute Gasteiger partial charge is 0.493 e. The molecule has 4 rings (SSSR count). The van der Waals surface area contributed by atoms with E-state index in [1.807, 2.05) is 31.2 Å². The number of carbonyl (C=O) groups excluding carboxylic acids is 2. The van der Waals surface area contributed by atoms with Crippen LogP contribution in [0.15, 0.2) is 65.6 Å². The molecule has 3 aromatic carbocycles. The van der Waals surface area contributed by atoms with Crippen molar-refractivity contribution in [2.45, 2.75) is 6.92 Å². The van der Waals surface area contributed by atoms with E-state index in [4.69, 9.17) is 44.9 Å². The fourth-order valence-corrected chi connectivity index (χ4v) is 5.03. The lowest BCUT2D eigenvalue weighted by Gasteiger charge is -2.16. The highest BCUT2D eigenvalue weighted by atomic mass is 35.5. The van der Waals surface area contributed by atoms with E-state index in [9.17, 15) is 9.59 Å². The summed E-state index contributed by atoms with van der Waals surface area (Å²) >= 11 is 18.6. The van der Waals surface area contributed by atoms with Crippen molar-refractivity contribution in [3.8, 4) is 11.5 Å². The molecule has 1 N–H and O–H groups in total. The fraction of sp³-hybridized carbons (Fsp3) is 0.115. The molecule has 0 unspecified atom stereocenters. The number of thioether (sulfide) groups is 1.